The van der Waals surface area contributed by atoms with E-state index in [4.69, 9.17) is 0 Å². The molecule has 0 aromatic heterocycles. The van der Waals surface area contributed by atoms with Crippen LogP contribution in [-0.4, -0.2) is 5.91 Å². The fraction of sp³-hybridized carbons (Fsp3) is 0.381. The highest BCUT2D eigenvalue weighted by Gasteiger charge is 2.12. The van der Waals surface area contributed by atoms with Gasteiger partial charge in [0, 0.05) is 6.42 Å². The van der Waals surface area contributed by atoms with Gasteiger partial charge in [0.05, 0.1) is 6.04 Å². The van der Waals surface area contributed by atoms with E-state index in [1.54, 1.807) is 0 Å². The molecule has 0 bridgehead atoms. The van der Waals surface area contributed by atoms with E-state index < -0.39 is 0 Å². The standard InChI is InChI=1S/C21H27NO/c1-14-6-7-16(3)20(12-14)18(5)22-21(23)11-10-19-9-8-15(2)17(4)13-19/h6-9,12-13,18H,10-11H2,1-5H3,(H,22,23)/t18-/m0/s1. The highest BCUT2D eigenvalue weighted by Crippen LogP contribution is 2.19. The molecule has 0 saturated carbocycles. The fourth-order valence-electron chi connectivity index (χ4n) is 2.83. The van der Waals surface area contributed by atoms with Crippen LogP contribution >= 0.6 is 0 Å². The van der Waals surface area contributed by atoms with E-state index in [-0.39, 0.29) is 11.9 Å². The van der Waals surface area contributed by atoms with Crippen LogP contribution in [0.4, 0.5) is 0 Å². The Balaban J connectivity index is 1.93. The molecule has 0 aliphatic carbocycles. The third-order valence-corrected chi connectivity index (χ3v) is 4.49. The normalized spacial score (nSPS) is 12.0. The van der Waals surface area contributed by atoms with E-state index in [0.29, 0.717) is 6.42 Å². The van der Waals surface area contributed by atoms with Gasteiger partial charge in [-0.3, -0.25) is 4.79 Å². The molecule has 0 spiro atoms. The van der Waals surface area contributed by atoms with Crippen molar-refractivity contribution in [2.75, 3.05) is 0 Å². The van der Waals surface area contributed by atoms with Gasteiger partial charge >= 0.3 is 0 Å². The van der Waals surface area contributed by atoms with Crippen LogP contribution in [0.25, 0.3) is 0 Å². The van der Waals surface area contributed by atoms with Gasteiger partial charge in [0.25, 0.3) is 0 Å². The van der Waals surface area contributed by atoms with E-state index in [1.165, 1.54) is 33.4 Å². The summed E-state index contributed by atoms with van der Waals surface area (Å²) in [6.07, 6.45) is 1.31. The number of nitrogens with one attached hydrogen (secondary N) is 1. The molecular formula is C21H27NO. The van der Waals surface area contributed by atoms with E-state index in [0.717, 1.165) is 6.42 Å². The molecule has 2 nitrogen and oxygen atoms in total. The Morgan fingerprint density at radius 3 is 2.35 bits per heavy atom. The van der Waals surface area contributed by atoms with Crippen LogP contribution in [0.15, 0.2) is 36.4 Å². The molecule has 0 saturated heterocycles. The maximum atomic E-state index is 12.2. The van der Waals surface area contributed by atoms with Crippen LogP contribution < -0.4 is 5.32 Å². The lowest BCUT2D eigenvalue weighted by molar-refractivity contribution is -0.121. The average Bonchev–Trinajstić information content (AvgIpc) is 2.50. The highest BCUT2D eigenvalue weighted by molar-refractivity contribution is 5.76. The minimum Gasteiger partial charge on any atom is -0.350 e. The number of hydrogen-bond acceptors (Lipinski definition) is 1. The third kappa shape index (κ3) is 4.69. The summed E-state index contributed by atoms with van der Waals surface area (Å²) in [6.45, 7) is 10.4. The predicted octanol–water partition coefficient (Wildman–Crippen LogP) is 4.73. The maximum Gasteiger partial charge on any atom is 0.220 e. The summed E-state index contributed by atoms with van der Waals surface area (Å²) < 4.78 is 0. The lowest BCUT2D eigenvalue weighted by Gasteiger charge is -2.17. The smallest absolute Gasteiger partial charge is 0.220 e. The molecule has 1 N–H and O–H groups in total. The van der Waals surface area contributed by atoms with Crippen LogP contribution in [0, 0.1) is 27.7 Å². The van der Waals surface area contributed by atoms with Gasteiger partial charge in [-0.25, -0.2) is 0 Å². The molecule has 122 valence electrons. The molecule has 1 amide bonds. The van der Waals surface area contributed by atoms with Crippen molar-refractivity contribution in [2.45, 2.75) is 53.5 Å². The third-order valence-electron chi connectivity index (χ3n) is 4.49. The molecule has 0 heterocycles. The molecule has 0 unspecified atom stereocenters. The predicted molar refractivity (Wildman–Crippen MR) is 96.7 cm³/mol. The van der Waals surface area contributed by atoms with Gasteiger partial charge in [0.1, 0.15) is 0 Å². The topological polar surface area (TPSA) is 29.1 Å². The Hall–Kier alpha value is -2.09. The quantitative estimate of drug-likeness (QED) is 0.850. The molecule has 23 heavy (non-hydrogen) atoms. The first-order valence-electron chi connectivity index (χ1n) is 8.29. The van der Waals surface area contributed by atoms with Crippen molar-refractivity contribution in [1.82, 2.24) is 5.32 Å². The Labute approximate surface area is 139 Å². The van der Waals surface area contributed by atoms with Gasteiger partial charge in [-0.05, 0) is 68.9 Å². The van der Waals surface area contributed by atoms with Gasteiger partial charge in [0.2, 0.25) is 5.91 Å². The van der Waals surface area contributed by atoms with Gasteiger partial charge < -0.3 is 5.32 Å². The van der Waals surface area contributed by atoms with Gasteiger partial charge in [-0.15, -0.1) is 0 Å². The van der Waals surface area contributed by atoms with Gasteiger partial charge in [0.15, 0.2) is 0 Å². The fourth-order valence-corrected chi connectivity index (χ4v) is 2.83. The molecule has 2 aromatic rings. The minimum atomic E-state index is 0.0437. The molecule has 0 fully saturated rings. The van der Waals surface area contributed by atoms with Crippen LogP contribution in [0.5, 0.6) is 0 Å². The van der Waals surface area contributed by atoms with Crippen LogP contribution in [-0.2, 0) is 11.2 Å². The first-order valence-corrected chi connectivity index (χ1v) is 8.29. The van der Waals surface area contributed by atoms with Crippen molar-refractivity contribution < 1.29 is 4.79 Å². The number of amides is 1. The van der Waals surface area contributed by atoms with Crippen molar-refractivity contribution in [2.24, 2.45) is 0 Å². The van der Waals surface area contributed by atoms with Crippen molar-refractivity contribution in [1.29, 1.82) is 0 Å². The summed E-state index contributed by atoms with van der Waals surface area (Å²) >= 11 is 0. The number of hydrogen-bond donors (Lipinski definition) is 1. The molecule has 0 radical (unpaired) electrons. The largest absolute Gasteiger partial charge is 0.350 e. The second-order valence-electron chi connectivity index (χ2n) is 6.57. The molecule has 0 aliphatic heterocycles. The lowest BCUT2D eigenvalue weighted by atomic mass is 9.99. The molecule has 2 rings (SSSR count). The summed E-state index contributed by atoms with van der Waals surface area (Å²) in [5.41, 5.74) is 7.44. The Bertz CT molecular complexity index is 703. The molecule has 1 atom stereocenters. The van der Waals surface area contributed by atoms with Crippen molar-refractivity contribution in [3.05, 3.63) is 69.8 Å². The van der Waals surface area contributed by atoms with Crippen molar-refractivity contribution >= 4 is 5.91 Å². The van der Waals surface area contributed by atoms with Gasteiger partial charge in [-0.1, -0.05) is 42.0 Å². The number of carbonyl (C=O) groups excluding carboxylic acids is 1. The number of rotatable bonds is 5. The Morgan fingerprint density at radius 2 is 1.65 bits per heavy atom. The summed E-state index contributed by atoms with van der Waals surface area (Å²) in [6, 6.07) is 12.8. The van der Waals surface area contributed by atoms with Gasteiger partial charge in [-0.2, -0.15) is 0 Å². The second-order valence-corrected chi connectivity index (χ2v) is 6.57. The Morgan fingerprint density at radius 1 is 0.957 bits per heavy atom. The van der Waals surface area contributed by atoms with Crippen molar-refractivity contribution in [3.63, 3.8) is 0 Å². The Kier molecular flexibility index (Phi) is 5.59. The van der Waals surface area contributed by atoms with Crippen LogP contribution in [0.3, 0.4) is 0 Å². The van der Waals surface area contributed by atoms with Crippen LogP contribution in [0.2, 0.25) is 0 Å². The number of aryl methyl sites for hydroxylation is 5. The minimum absolute atomic E-state index is 0.0437. The zero-order chi connectivity index (χ0) is 17.0. The highest BCUT2D eigenvalue weighted by atomic mass is 16.1. The first-order chi connectivity index (χ1) is 10.9. The monoisotopic (exact) mass is 309 g/mol. The van der Waals surface area contributed by atoms with E-state index in [2.05, 4.69) is 76.3 Å². The van der Waals surface area contributed by atoms with Crippen molar-refractivity contribution in [3.8, 4) is 0 Å². The number of carbonyl (C=O) groups is 1. The summed E-state index contributed by atoms with van der Waals surface area (Å²) in [7, 11) is 0. The summed E-state index contributed by atoms with van der Waals surface area (Å²) in [5.74, 6) is 0.108. The zero-order valence-electron chi connectivity index (χ0n) is 14.9. The molecule has 2 aromatic carbocycles. The lowest BCUT2D eigenvalue weighted by Crippen LogP contribution is -2.27. The maximum absolute atomic E-state index is 12.2. The second kappa shape index (κ2) is 7.45. The molecule has 2 heteroatoms. The SMILES string of the molecule is Cc1ccc(C)c([C@H](C)NC(=O)CCc2ccc(C)c(C)c2)c1. The molecular weight excluding hydrogens is 282 g/mol. The van der Waals surface area contributed by atoms with E-state index in [9.17, 15) is 4.79 Å². The van der Waals surface area contributed by atoms with E-state index in [1.807, 2.05) is 0 Å². The summed E-state index contributed by atoms with van der Waals surface area (Å²) in [4.78, 5) is 12.2. The average molecular weight is 309 g/mol. The van der Waals surface area contributed by atoms with E-state index >= 15 is 0 Å². The van der Waals surface area contributed by atoms with Crippen LogP contribution in [0.1, 0.15) is 52.8 Å². The summed E-state index contributed by atoms with van der Waals surface area (Å²) in [5, 5.41) is 3.12. The number of benzene rings is 2. The molecule has 0 aliphatic rings. The zero-order valence-corrected chi connectivity index (χ0v) is 14.9. The first kappa shape index (κ1) is 17.3.